The number of pyridine rings is 1. The van der Waals surface area contributed by atoms with E-state index in [1.165, 1.54) is 27.6 Å². The molecule has 2 aromatic carbocycles. The van der Waals surface area contributed by atoms with Gasteiger partial charge in [0.05, 0.1) is 6.20 Å². The fourth-order valence-electron chi connectivity index (χ4n) is 3.87. The van der Waals surface area contributed by atoms with Gasteiger partial charge in [-0.25, -0.2) is 13.5 Å². The Morgan fingerprint density at radius 1 is 1.09 bits per heavy atom. The molecule has 32 heavy (non-hydrogen) atoms. The first kappa shape index (κ1) is 20.1. The Hall–Kier alpha value is -3.81. The summed E-state index contributed by atoms with van der Waals surface area (Å²) in [7, 11) is 1.56. The van der Waals surface area contributed by atoms with E-state index in [9.17, 15) is 18.4 Å². The van der Waals surface area contributed by atoms with Crippen molar-refractivity contribution in [3.63, 3.8) is 0 Å². The van der Waals surface area contributed by atoms with Gasteiger partial charge in [-0.15, -0.1) is 0 Å². The van der Waals surface area contributed by atoms with Crippen LogP contribution in [0.5, 0.6) is 0 Å². The summed E-state index contributed by atoms with van der Waals surface area (Å²) in [5.41, 5.74) is 1.23. The molecule has 4 aromatic rings. The molecule has 0 spiro atoms. The number of carbonyl (C=O) groups excluding carboxylic acids is 1. The van der Waals surface area contributed by atoms with E-state index in [4.69, 9.17) is 0 Å². The molecule has 2 aromatic heterocycles. The summed E-state index contributed by atoms with van der Waals surface area (Å²) in [5.74, 6) is -1.40. The van der Waals surface area contributed by atoms with Gasteiger partial charge in [0, 0.05) is 29.6 Å². The zero-order valence-corrected chi connectivity index (χ0v) is 17.5. The van der Waals surface area contributed by atoms with Crippen LogP contribution in [0, 0.1) is 18.6 Å². The number of rotatable bonds is 4. The van der Waals surface area contributed by atoms with E-state index >= 15 is 0 Å². The van der Waals surface area contributed by atoms with Crippen LogP contribution in [0.15, 0.2) is 53.5 Å². The average Bonchev–Trinajstić information content (AvgIpc) is 3.49. The number of aromatic nitrogens is 3. The van der Waals surface area contributed by atoms with Crippen LogP contribution >= 0.6 is 0 Å². The van der Waals surface area contributed by atoms with E-state index in [1.807, 2.05) is 0 Å². The number of halogens is 2. The number of benzene rings is 2. The molecule has 0 radical (unpaired) electrons. The number of para-hydroxylation sites is 1. The van der Waals surface area contributed by atoms with E-state index in [1.54, 1.807) is 44.3 Å². The number of hydrogen-bond donors (Lipinski definition) is 1. The second-order valence-corrected chi connectivity index (χ2v) is 8.09. The maximum atomic E-state index is 14.7. The molecule has 5 rings (SSSR count). The Bertz CT molecular complexity index is 1450. The van der Waals surface area contributed by atoms with Crippen LogP contribution in [0.4, 0.5) is 8.78 Å². The molecule has 0 atom stereocenters. The molecular formula is C24H20F2N4O2. The molecule has 0 unspecified atom stereocenters. The molecule has 1 amide bonds. The van der Waals surface area contributed by atoms with Crippen molar-refractivity contribution in [2.75, 3.05) is 0 Å². The molecule has 1 N–H and O–H groups in total. The second kappa shape index (κ2) is 7.40. The average molecular weight is 434 g/mol. The highest BCUT2D eigenvalue weighted by Crippen LogP contribution is 2.29. The van der Waals surface area contributed by atoms with Crippen LogP contribution in [0.1, 0.15) is 28.8 Å². The van der Waals surface area contributed by atoms with E-state index < -0.39 is 17.2 Å². The van der Waals surface area contributed by atoms with Gasteiger partial charge in [-0.1, -0.05) is 12.1 Å². The summed E-state index contributed by atoms with van der Waals surface area (Å²) in [4.78, 5) is 25.8. The third kappa shape index (κ3) is 3.28. The first-order chi connectivity index (χ1) is 15.3. The lowest BCUT2D eigenvalue weighted by Gasteiger charge is -2.13. The summed E-state index contributed by atoms with van der Waals surface area (Å²) in [6, 6.07) is 10.6. The lowest BCUT2D eigenvalue weighted by atomic mass is 9.97. The van der Waals surface area contributed by atoms with Crippen molar-refractivity contribution in [3.8, 4) is 16.8 Å². The smallest absolute Gasteiger partial charge is 0.259 e. The Morgan fingerprint density at radius 3 is 2.56 bits per heavy atom. The lowest BCUT2D eigenvalue weighted by molar-refractivity contribution is 0.0950. The Morgan fingerprint density at radius 2 is 1.84 bits per heavy atom. The minimum Gasteiger partial charge on any atom is -0.349 e. The van der Waals surface area contributed by atoms with Crippen LogP contribution in [-0.2, 0) is 7.05 Å². The minimum atomic E-state index is -0.562. The maximum absolute atomic E-state index is 14.7. The Kier molecular flexibility index (Phi) is 4.65. The molecule has 2 heterocycles. The first-order valence-corrected chi connectivity index (χ1v) is 10.3. The van der Waals surface area contributed by atoms with Crippen LogP contribution < -0.4 is 10.9 Å². The normalized spacial score (nSPS) is 13.5. The van der Waals surface area contributed by atoms with Crippen molar-refractivity contribution in [2.24, 2.45) is 7.05 Å². The number of hydrogen-bond acceptors (Lipinski definition) is 3. The topological polar surface area (TPSA) is 68.9 Å². The SMILES string of the molecule is Cc1c(F)cc(C(=O)NC2CC2)cc1-c1cc2cnn(-c3ccccc3F)c2n(C)c1=O. The first-order valence-electron chi connectivity index (χ1n) is 10.3. The van der Waals surface area contributed by atoms with Gasteiger partial charge in [0.2, 0.25) is 0 Å². The van der Waals surface area contributed by atoms with Gasteiger partial charge in [0.25, 0.3) is 11.5 Å². The highest BCUT2D eigenvalue weighted by atomic mass is 19.1. The molecule has 6 nitrogen and oxygen atoms in total. The van der Waals surface area contributed by atoms with Gasteiger partial charge in [-0.3, -0.25) is 14.2 Å². The minimum absolute atomic E-state index is 0.128. The number of nitrogens with one attached hydrogen (secondary N) is 1. The molecule has 1 saturated carbocycles. The zero-order valence-electron chi connectivity index (χ0n) is 17.5. The number of amides is 1. The molecule has 0 aliphatic heterocycles. The molecule has 1 aliphatic rings. The number of carbonyl (C=O) groups is 1. The maximum Gasteiger partial charge on any atom is 0.259 e. The van der Waals surface area contributed by atoms with E-state index in [0.717, 1.165) is 12.8 Å². The second-order valence-electron chi connectivity index (χ2n) is 8.09. The van der Waals surface area contributed by atoms with Crippen LogP contribution in [0.2, 0.25) is 0 Å². The lowest BCUT2D eigenvalue weighted by Crippen LogP contribution is -2.26. The van der Waals surface area contributed by atoms with Crippen molar-refractivity contribution in [2.45, 2.75) is 25.8 Å². The summed E-state index contributed by atoms with van der Waals surface area (Å²) in [6.07, 6.45) is 3.35. The fraction of sp³-hybridized carbons (Fsp3) is 0.208. The van der Waals surface area contributed by atoms with E-state index in [-0.39, 0.29) is 34.3 Å². The molecular weight excluding hydrogens is 414 g/mol. The van der Waals surface area contributed by atoms with E-state index in [2.05, 4.69) is 10.4 Å². The number of fused-ring (bicyclic) bond motifs is 1. The molecule has 162 valence electrons. The van der Waals surface area contributed by atoms with Crippen molar-refractivity contribution in [1.29, 1.82) is 0 Å². The van der Waals surface area contributed by atoms with Crippen molar-refractivity contribution in [1.82, 2.24) is 19.7 Å². The van der Waals surface area contributed by atoms with Gasteiger partial charge in [-0.05, 0) is 61.2 Å². The van der Waals surface area contributed by atoms with Crippen LogP contribution in [0.25, 0.3) is 27.8 Å². The molecule has 0 saturated heterocycles. The van der Waals surface area contributed by atoms with Gasteiger partial charge in [0.1, 0.15) is 23.0 Å². The van der Waals surface area contributed by atoms with Crippen LogP contribution in [0.3, 0.4) is 0 Å². The summed E-state index contributed by atoms with van der Waals surface area (Å²) in [6.45, 7) is 1.57. The summed E-state index contributed by atoms with van der Waals surface area (Å²) < 4.78 is 31.8. The van der Waals surface area contributed by atoms with Gasteiger partial charge < -0.3 is 5.32 Å². The molecule has 8 heteroatoms. The number of aryl methyl sites for hydroxylation is 1. The van der Waals surface area contributed by atoms with Gasteiger partial charge >= 0.3 is 0 Å². The summed E-state index contributed by atoms with van der Waals surface area (Å²) >= 11 is 0. The number of nitrogens with zero attached hydrogens (tertiary/aromatic N) is 3. The van der Waals surface area contributed by atoms with Gasteiger partial charge in [0.15, 0.2) is 0 Å². The highest BCUT2D eigenvalue weighted by Gasteiger charge is 2.25. The third-order valence-electron chi connectivity index (χ3n) is 5.81. The highest BCUT2D eigenvalue weighted by molar-refractivity contribution is 5.96. The Labute approximate surface area is 182 Å². The monoisotopic (exact) mass is 434 g/mol. The fourth-order valence-corrected chi connectivity index (χ4v) is 3.87. The zero-order chi connectivity index (χ0) is 22.6. The van der Waals surface area contributed by atoms with Crippen molar-refractivity contribution in [3.05, 3.63) is 81.8 Å². The Balaban J connectivity index is 1.68. The van der Waals surface area contributed by atoms with Crippen LogP contribution in [-0.4, -0.2) is 26.3 Å². The molecule has 1 aliphatic carbocycles. The molecule has 0 bridgehead atoms. The van der Waals surface area contributed by atoms with Crippen molar-refractivity contribution < 1.29 is 13.6 Å². The van der Waals surface area contributed by atoms with Crippen molar-refractivity contribution >= 4 is 16.9 Å². The predicted molar refractivity (Wildman–Crippen MR) is 117 cm³/mol. The quantitative estimate of drug-likeness (QED) is 0.530. The summed E-state index contributed by atoms with van der Waals surface area (Å²) in [5, 5.41) is 7.69. The molecule has 1 fully saturated rings. The predicted octanol–water partition coefficient (Wildman–Crippen LogP) is 3.87. The van der Waals surface area contributed by atoms with Gasteiger partial charge in [-0.2, -0.15) is 5.10 Å². The standard InChI is InChI=1S/C24H20F2N4O2/c1-13-17(9-14(11-20(13)26)22(31)28-16-7-8-16)18-10-15-12-27-30(23(15)29(2)24(18)32)21-6-4-3-5-19(21)25/h3-6,9-12,16H,7-8H2,1-2H3,(H,28,31). The largest absolute Gasteiger partial charge is 0.349 e. The third-order valence-corrected chi connectivity index (χ3v) is 5.81. The van der Waals surface area contributed by atoms with E-state index in [0.29, 0.717) is 16.6 Å².